The highest BCUT2D eigenvalue weighted by molar-refractivity contribution is 6.04. The number of carboxylic acids is 1. The summed E-state index contributed by atoms with van der Waals surface area (Å²) in [7, 11) is 0. The topological polar surface area (TPSA) is 63.3 Å². The van der Waals surface area contributed by atoms with Crippen LogP contribution in [-0.4, -0.2) is 16.1 Å². The number of para-hydroxylation sites is 1. The first-order chi connectivity index (χ1) is 9.56. The number of nitrogens with zero attached hydrogens (tertiary/aromatic N) is 1. The minimum absolute atomic E-state index is 0.239. The van der Waals surface area contributed by atoms with Gasteiger partial charge in [-0.25, -0.2) is 9.78 Å². The van der Waals surface area contributed by atoms with E-state index in [1.54, 1.807) is 18.2 Å². The molecule has 0 unspecified atom stereocenters. The lowest BCUT2D eigenvalue weighted by molar-refractivity contribution is 0.0699. The van der Waals surface area contributed by atoms with Crippen LogP contribution in [0.15, 0.2) is 40.8 Å². The lowest BCUT2D eigenvalue weighted by Gasteiger charge is -2.07. The average Bonchev–Trinajstić information content (AvgIpc) is 2.85. The zero-order chi connectivity index (χ0) is 14.3. The number of aromatic carboxylic acids is 1. The number of carboxylic acid groups (broad SMARTS) is 1. The summed E-state index contributed by atoms with van der Waals surface area (Å²) >= 11 is 0. The lowest BCUT2D eigenvalue weighted by atomic mass is 10.0. The summed E-state index contributed by atoms with van der Waals surface area (Å²) in [6.07, 6.45) is 0. The van der Waals surface area contributed by atoms with Crippen LogP contribution in [0.25, 0.3) is 22.4 Å². The maximum Gasteiger partial charge on any atom is 0.336 e. The number of rotatable bonds is 2. The van der Waals surface area contributed by atoms with Gasteiger partial charge in [-0.1, -0.05) is 18.2 Å². The quantitative estimate of drug-likeness (QED) is 0.766. The monoisotopic (exact) mass is 267 g/mol. The Morgan fingerprint density at radius 2 is 2.00 bits per heavy atom. The molecule has 4 heteroatoms. The lowest BCUT2D eigenvalue weighted by Crippen LogP contribution is -2.00. The van der Waals surface area contributed by atoms with Crippen molar-refractivity contribution in [2.24, 2.45) is 0 Å². The number of furan rings is 1. The van der Waals surface area contributed by atoms with Crippen LogP contribution in [-0.2, 0) is 0 Å². The standard InChI is InChI=1S/C16H13NO3/c1-9-4-3-5-11-12(16(18)19)8-13(17-15(9)11)14-7-6-10(2)20-14/h3-8H,1-2H3,(H,18,19). The van der Waals surface area contributed by atoms with Gasteiger partial charge in [0.05, 0.1) is 11.1 Å². The van der Waals surface area contributed by atoms with Crippen LogP contribution >= 0.6 is 0 Å². The highest BCUT2D eigenvalue weighted by atomic mass is 16.4. The second-order valence-corrected chi connectivity index (χ2v) is 4.74. The molecular formula is C16H13NO3. The molecule has 3 aromatic rings. The Kier molecular flexibility index (Phi) is 2.79. The van der Waals surface area contributed by atoms with E-state index >= 15 is 0 Å². The number of hydrogen-bond donors (Lipinski definition) is 1. The first-order valence-corrected chi connectivity index (χ1v) is 6.27. The summed E-state index contributed by atoms with van der Waals surface area (Å²) < 4.78 is 5.54. The number of pyridine rings is 1. The van der Waals surface area contributed by atoms with E-state index in [0.29, 0.717) is 22.4 Å². The predicted octanol–water partition coefficient (Wildman–Crippen LogP) is 3.81. The number of aryl methyl sites for hydroxylation is 2. The molecule has 0 saturated heterocycles. The largest absolute Gasteiger partial charge is 0.478 e. The van der Waals surface area contributed by atoms with Crippen molar-refractivity contribution < 1.29 is 14.3 Å². The number of carbonyl (C=O) groups is 1. The highest BCUT2D eigenvalue weighted by Crippen LogP contribution is 2.27. The van der Waals surface area contributed by atoms with Crippen molar-refractivity contribution in [1.82, 2.24) is 4.98 Å². The average molecular weight is 267 g/mol. The van der Waals surface area contributed by atoms with Crippen molar-refractivity contribution >= 4 is 16.9 Å². The maximum absolute atomic E-state index is 11.5. The van der Waals surface area contributed by atoms with Gasteiger partial charge in [0.15, 0.2) is 5.76 Å². The molecule has 20 heavy (non-hydrogen) atoms. The Morgan fingerprint density at radius 3 is 2.65 bits per heavy atom. The van der Waals surface area contributed by atoms with Crippen molar-refractivity contribution in [2.75, 3.05) is 0 Å². The molecule has 3 rings (SSSR count). The van der Waals surface area contributed by atoms with E-state index in [4.69, 9.17) is 4.42 Å². The fraction of sp³-hybridized carbons (Fsp3) is 0.125. The van der Waals surface area contributed by atoms with Gasteiger partial charge in [-0.05, 0) is 37.6 Å². The van der Waals surface area contributed by atoms with E-state index in [1.165, 1.54) is 0 Å². The third kappa shape index (κ3) is 1.95. The summed E-state index contributed by atoms with van der Waals surface area (Å²) in [5.41, 5.74) is 2.41. The van der Waals surface area contributed by atoms with Gasteiger partial charge < -0.3 is 9.52 Å². The second-order valence-electron chi connectivity index (χ2n) is 4.74. The third-order valence-electron chi connectivity index (χ3n) is 3.26. The highest BCUT2D eigenvalue weighted by Gasteiger charge is 2.15. The predicted molar refractivity (Wildman–Crippen MR) is 75.9 cm³/mol. The van der Waals surface area contributed by atoms with Crippen molar-refractivity contribution in [3.63, 3.8) is 0 Å². The first kappa shape index (κ1) is 12.4. The molecule has 0 fully saturated rings. The van der Waals surface area contributed by atoms with E-state index in [9.17, 15) is 9.90 Å². The Hall–Kier alpha value is -2.62. The molecule has 0 spiro atoms. The number of fused-ring (bicyclic) bond motifs is 1. The van der Waals surface area contributed by atoms with Gasteiger partial charge in [-0.2, -0.15) is 0 Å². The van der Waals surface area contributed by atoms with Crippen LogP contribution in [0.1, 0.15) is 21.7 Å². The summed E-state index contributed by atoms with van der Waals surface area (Å²) in [5.74, 6) is 0.381. The molecule has 0 aliphatic rings. The van der Waals surface area contributed by atoms with Gasteiger partial charge >= 0.3 is 5.97 Å². The summed E-state index contributed by atoms with van der Waals surface area (Å²) in [5, 5.41) is 10.0. The van der Waals surface area contributed by atoms with Gasteiger partial charge in [0.1, 0.15) is 11.5 Å². The molecule has 100 valence electrons. The molecule has 0 radical (unpaired) electrons. The SMILES string of the molecule is Cc1ccc(-c2cc(C(=O)O)c3cccc(C)c3n2)o1. The molecular weight excluding hydrogens is 254 g/mol. The molecule has 0 saturated carbocycles. The van der Waals surface area contributed by atoms with Crippen LogP contribution in [0.5, 0.6) is 0 Å². The number of hydrogen-bond acceptors (Lipinski definition) is 3. The van der Waals surface area contributed by atoms with Crippen LogP contribution in [0.3, 0.4) is 0 Å². The van der Waals surface area contributed by atoms with Crippen molar-refractivity contribution in [3.05, 3.63) is 53.3 Å². The minimum atomic E-state index is -0.965. The Labute approximate surface area is 115 Å². The van der Waals surface area contributed by atoms with Gasteiger partial charge in [0.25, 0.3) is 0 Å². The van der Waals surface area contributed by atoms with Crippen molar-refractivity contribution in [2.45, 2.75) is 13.8 Å². The molecule has 2 heterocycles. The van der Waals surface area contributed by atoms with Gasteiger partial charge in [0.2, 0.25) is 0 Å². The first-order valence-electron chi connectivity index (χ1n) is 6.27. The van der Waals surface area contributed by atoms with Crippen molar-refractivity contribution in [1.29, 1.82) is 0 Å². The van der Waals surface area contributed by atoms with E-state index < -0.39 is 5.97 Å². The van der Waals surface area contributed by atoms with Gasteiger partial charge in [-0.3, -0.25) is 0 Å². The third-order valence-corrected chi connectivity index (χ3v) is 3.26. The molecule has 0 aliphatic heterocycles. The Balaban J connectivity index is 2.35. The summed E-state index contributed by atoms with van der Waals surface area (Å²) in [6, 6.07) is 10.7. The zero-order valence-electron chi connectivity index (χ0n) is 11.2. The van der Waals surface area contributed by atoms with Crippen LogP contribution in [0.2, 0.25) is 0 Å². The summed E-state index contributed by atoms with van der Waals surface area (Å²) in [4.78, 5) is 16.0. The maximum atomic E-state index is 11.5. The van der Waals surface area contributed by atoms with Crippen LogP contribution in [0.4, 0.5) is 0 Å². The molecule has 0 bridgehead atoms. The van der Waals surface area contributed by atoms with Crippen LogP contribution < -0.4 is 0 Å². The number of benzene rings is 1. The fourth-order valence-corrected chi connectivity index (χ4v) is 2.27. The van der Waals surface area contributed by atoms with E-state index in [2.05, 4.69) is 4.98 Å². The molecule has 0 atom stereocenters. The molecule has 1 N–H and O–H groups in total. The number of aromatic nitrogens is 1. The summed E-state index contributed by atoms with van der Waals surface area (Å²) in [6.45, 7) is 3.76. The molecule has 0 amide bonds. The van der Waals surface area contributed by atoms with Crippen LogP contribution in [0, 0.1) is 13.8 Å². The second kappa shape index (κ2) is 4.49. The van der Waals surface area contributed by atoms with E-state index in [0.717, 1.165) is 11.3 Å². The van der Waals surface area contributed by atoms with Gasteiger partial charge in [-0.15, -0.1) is 0 Å². The molecule has 4 nitrogen and oxygen atoms in total. The van der Waals surface area contributed by atoms with E-state index in [-0.39, 0.29) is 5.56 Å². The Bertz CT molecular complexity index is 818. The van der Waals surface area contributed by atoms with Crippen molar-refractivity contribution in [3.8, 4) is 11.5 Å². The smallest absolute Gasteiger partial charge is 0.336 e. The molecule has 0 aliphatic carbocycles. The fourth-order valence-electron chi connectivity index (χ4n) is 2.27. The Morgan fingerprint density at radius 1 is 1.20 bits per heavy atom. The zero-order valence-corrected chi connectivity index (χ0v) is 11.2. The normalized spacial score (nSPS) is 10.9. The van der Waals surface area contributed by atoms with E-state index in [1.807, 2.05) is 32.0 Å². The minimum Gasteiger partial charge on any atom is -0.478 e. The van der Waals surface area contributed by atoms with Gasteiger partial charge in [0, 0.05) is 5.39 Å². The molecule has 1 aromatic carbocycles. The molecule has 2 aromatic heterocycles.